The van der Waals surface area contributed by atoms with Gasteiger partial charge in [-0.15, -0.1) is 11.3 Å². The summed E-state index contributed by atoms with van der Waals surface area (Å²) >= 11 is 1.60. The number of nitrogens with one attached hydrogen (secondary N) is 2. The maximum Gasteiger partial charge on any atom is 0.338 e. The lowest BCUT2D eigenvalue weighted by molar-refractivity contribution is 0.0526. The topological polar surface area (TPSA) is 79.9 Å². The van der Waals surface area contributed by atoms with Crippen molar-refractivity contribution < 1.29 is 9.53 Å². The van der Waals surface area contributed by atoms with Gasteiger partial charge in [0.1, 0.15) is 5.01 Å². The number of carbonyl (C=O) groups is 1. The van der Waals surface area contributed by atoms with Crippen LogP contribution in [0.25, 0.3) is 21.6 Å². The van der Waals surface area contributed by atoms with Crippen molar-refractivity contribution in [2.75, 3.05) is 11.9 Å². The number of esters is 1. The standard InChI is InChI=1S/C19H16N4O2S/c1-2-25-18(24)13-4-3-5-14(10-13)21-19-22-15-7-6-12(11-16(15)23-19)17-20-8-9-26-17/h3-11H,2H2,1H3,(H2,21,22,23). The predicted octanol–water partition coefficient (Wildman–Crippen LogP) is 4.61. The Bertz CT molecular complexity index is 1060. The number of H-pyrrole nitrogens is 1. The van der Waals surface area contributed by atoms with Crippen LogP contribution in [-0.4, -0.2) is 27.5 Å². The lowest BCUT2D eigenvalue weighted by Gasteiger charge is -2.05. The fourth-order valence-corrected chi connectivity index (χ4v) is 3.28. The summed E-state index contributed by atoms with van der Waals surface area (Å²) in [4.78, 5) is 24.0. The highest BCUT2D eigenvalue weighted by atomic mass is 32.1. The van der Waals surface area contributed by atoms with Gasteiger partial charge in [0.25, 0.3) is 0 Å². The number of ether oxygens (including phenoxy) is 1. The summed E-state index contributed by atoms with van der Waals surface area (Å²) in [5.74, 6) is 0.270. The zero-order valence-electron chi connectivity index (χ0n) is 14.0. The minimum absolute atomic E-state index is 0.339. The second-order valence-electron chi connectivity index (χ2n) is 5.58. The first-order valence-corrected chi connectivity index (χ1v) is 9.05. The number of hydrogen-bond acceptors (Lipinski definition) is 6. The molecular weight excluding hydrogens is 348 g/mol. The van der Waals surface area contributed by atoms with Gasteiger partial charge in [0, 0.05) is 22.8 Å². The number of aromatic amines is 1. The van der Waals surface area contributed by atoms with E-state index in [2.05, 4.69) is 20.3 Å². The van der Waals surface area contributed by atoms with Crippen LogP contribution in [0.2, 0.25) is 0 Å². The van der Waals surface area contributed by atoms with Crippen molar-refractivity contribution in [3.63, 3.8) is 0 Å². The first kappa shape index (κ1) is 16.3. The molecule has 0 saturated carbocycles. The van der Waals surface area contributed by atoms with Gasteiger partial charge in [-0.25, -0.2) is 14.8 Å². The Morgan fingerprint density at radius 3 is 3.00 bits per heavy atom. The molecule has 7 heteroatoms. The third-order valence-corrected chi connectivity index (χ3v) is 4.62. The molecule has 0 fully saturated rings. The summed E-state index contributed by atoms with van der Waals surface area (Å²) in [6.45, 7) is 2.13. The van der Waals surface area contributed by atoms with Crippen LogP contribution in [0, 0.1) is 0 Å². The van der Waals surface area contributed by atoms with E-state index in [0.717, 1.165) is 27.3 Å². The van der Waals surface area contributed by atoms with Crippen LogP contribution in [0.15, 0.2) is 54.0 Å². The third-order valence-electron chi connectivity index (χ3n) is 3.80. The Labute approximate surface area is 153 Å². The average molecular weight is 364 g/mol. The molecule has 0 atom stereocenters. The summed E-state index contributed by atoms with van der Waals surface area (Å²) in [5.41, 5.74) is 4.08. The van der Waals surface area contributed by atoms with Gasteiger partial charge in [-0.3, -0.25) is 0 Å². The van der Waals surface area contributed by atoms with Crippen molar-refractivity contribution in [1.29, 1.82) is 0 Å². The van der Waals surface area contributed by atoms with Crippen molar-refractivity contribution >= 4 is 40.0 Å². The number of hydrogen-bond donors (Lipinski definition) is 2. The fourth-order valence-electron chi connectivity index (χ4n) is 2.64. The van der Waals surface area contributed by atoms with Gasteiger partial charge in [-0.2, -0.15) is 0 Å². The molecule has 130 valence electrons. The zero-order chi connectivity index (χ0) is 17.9. The van der Waals surface area contributed by atoms with Crippen LogP contribution >= 0.6 is 11.3 Å². The summed E-state index contributed by atoms with van der Waals surface area (Å²) in [5, 5.41) is 6.12. The molecule has 0 aliphatic carbocycles. The molecule has 4 aromatic rings. The number of imidazole rings is 1. The normalized spacial score (nSPS) is 10.8. The van der Waals surface area contributed by atoms with Crippen LogP contribution in [0.3, 0.4) is 0 Å². The van der Waals surface area contributed by atoms with Gasteiger partial charge < -0.3 is 15.0 Å². The molecule has 26 heavy (non-hydrogen) atoms. The van der Waals surface area contributed by atoms with Crippen molar-refractivity contribution in [3.05, 3.63) is 59.6 Å². The molecule has 0 bridgehead atoms. The van der Waals surface area contributed by atoms with Crippen molar-refractivity contribution in [1.82, 2.24) is 15.0 Å². The minimum atomic E-state index is -0.339. The molecule has 0 spiro atoms. The van der Waals surface area contributed by atoms with E-state index in [0.29, 0.717) is 18.1 Å². The van der Waals surface area contributed by atoms with Gasteiger partial charge >= 0.3 is 5.97 Å². The predicted molar refractivity (Wildman–Crippen MR) is 103 cm³/mol. The number of rotatable bonds is 5. The highest BCUT2D eigenvalue weighted by molar-refractivity contribution is 7.13. The van der Waals surface area contributed by atoms with Gasteiger partial charge in [0.15, 0.2) is 0 Å². The van der Waals surface area contributed by atoms with Gasteiger partial charge in [-0.05, 0) is 43.3 Å². The van der Waals surface area contributed by atoms with Crippen molar-refractivity contribution in [3.8, 4) is 10.6 Å². The third kappa shape index (κ3) is 3.29. The molecule has 0 radical (unpaired) electrons. The maximum atomic E-state index is 11.9. The number of nitrogens with zero attached hydrogens (tertiary/aromatic N) is 2. The molecule has 6 nitrogen and oxygen atoms in total. The minimum Gasteiger partial charge on any atom is -0.462 e. The average Bonchev–Trinajstić information content (AvgIpc) is 3.31. The number of aromatic nitrogens is 3. The summed E-state index contributed by atoms with van der Waals surface area (Å²) in [7, 11) is 0. The summed E-state index contributed by atoms with van der Waals surface area (Å²) in [6, 6.07) is 13.1. The molecule has 2 heterocycles. The molecule has 0 saturated heterocycles. The van der Waals surface area contributed by atoms with E-state index in [4.69, 9.17) is 4.74 Å². The SMILES string of the molecule is CCOC(=O)c1cccc(Nc2nc3ccc(-c4nccs4)cc3[nH]2)c1. The largest absolute Gasteiger partial charge is 0.462 e. The smallest absolute Gasteiger partial charge is 0.338 e. The highest BCUT2D eigenvalue weighted by Crippen LogP contribution is 2.26. The van der Waals surface area contributed by atoms with E-state index in [-0.39, 0.29) is 5.97 Å². The zero-order valence-corrected chi connectivity index (χ0v) is 14.8. The van der Waals surface area contributed by atoms with E-state index in [1.807, 2.05) is 29.6 Å². The van der Waals surface area contributed by atoms with Gasteiger partial charge in [-0.1, -0.05) is 6.07 Å². The molecule has 2 aromatic carbocycles. The second kappa shape index (κ2) is 6.97. The highest BCUT2D eigenvalue weighted by Gasteiger charge is 2.09. The fraction of sp³-hybridized carbons (Fsp3) is 0.105. The first-order chi connectivity index (χ1) is 12.7. The summed E-state index contributed by atoms with van der Waals surface area (Å²) in [6.07, 6.45) is 1.79. The van der Waals surface area contributed by atoms with E-state index >= 15 is 0 Å². The number of carbonyl (C=O) groups excluding carboxylic acids is 1. The lowest BCUT2D eigenvalue weighted by atomic mass is 10.2. The molecule has 0 aliphatic rings. The Hall–Kier alpha value is -3.19. The maximum absolute atomic E-state index is 11.9. The molecule has 0 aliphatic heterocycles. The van der Waals surface area contributed by atoms with Crippen molar-refractivity contribution in [2.45, 2.75) is 6.92 Å². The van der Waals surface area contributed by atoms with Gasteiger partial charge in [0.2, 0.25) is 5.95 Å². The quantitative estimate of drug-likeness (QED) is 0.506. The Morgan fingerprint density at radius 2 is 2.19 bits per heavy atom. The molecule has 0 amide bonds. The van der Waals surface area contributed by atoms with E-state index in [9.17, 15) is 4.79 Å². The second-order valence-corrected chi connectivity index (χ2v) is 6.48. The van der Waals surface area contributed by atoms with Crippen LogP contribution < -0.4 is 5.32 Å². The Kier molecular flexibility index (Phi) is 4.37. The summed E-state index contributed by atoms with van der Waals surface area (Å²) < 4.78 is 5.03. The molecule has 2 N–H and O–H groups in total. The number of fused-ring (bicyclic) bond motifs is 1. The number of thiazole rings is 1. The van der Waals surface area contributed by atoms with E-state index in [1.54, 1.807) is 42.7 Å². The first-order valence-electron chi connectivity index (χ1n) is 8.17. The van der Waals surface area contributed by atoms with Crippen LogP contribution in [0.4, 0.5) is 11.6 Å². The molecule has 2 aromatic heterocycles. The number of benzene rings is 2. The lowest BCUT2D eigenvalue weighted by Crippen LogP contribution is -2.05. The monoisotopic (exact) mass is 364 g/mol. The molecule has 4 rings (SSSR count). The number of anilines is 2. The molecular formula is C19H16N4O2S. The Balaban J connectivity index is 1.59. The van der Waals surface area contributed by atoms with Gasteiger partial charge in [0.05, 0.1) is 23.2 Å². The molecule has 0 unspecified atom stereocenters. The van der Waals surface area contributed by atoms with Crippen molar-refractivity contribution in [2.24, 2.45) is 0 Å². The van der Waals surface area contributed by atoms with Crippen LogP contribution in [0.1, 0.15) is 17.3 Å². The van der Waals surface area contributed by atoms with E-state index in [1.165, 1.54) is 0 Å². The Morgan fingerprint density at radius 1 is 1.27 bits per heavy atom. The van der Waals surface area contributed by atoms with E-state index < -0.39 is 0 Å². The van der Waals surface area contributed by atoms with Crippen LogP contribution in [-0.2, 0) is 4.74 Å². The van der Waals surface area contributed by atoms with Crippen LogP contribution in [0.5, 0.6) is 0 Å².